The molecule has 3 rings (SSSR count). The number of hydrogen-bond donors (Lipinski definition) is 4. The maximum Gasteiger partial charge on any atom is 0.389 e. The first-order valence-corrected chi connectivity index (χ1v) is 7.87. The maximum absolute atomic E-state index is 12.8. The van der Waals surface area contributed by atoms with E-state index in [1.54, 1.807) is 0 Å². The van der Waals surface area contributed by atoms with Crippen molar-refractivity contribution < 1.29 is 28.1 Å². The molecule has 0 amide bonds. The molecule has 8 nitrogen and oxygen atoms in total. The molecule has 12 heteroatoms. The van der Waals surface area contributed by atoms with E-state index in [9.17, 15) is 23.4 Å². The van der Waals surface area contributed by atoms with Crippen LogP contribution in [0.25, 0.3) is 11.2 Å². The Morgan fingerprint density at radius 1 is 1.36 bits per heavy atom. The van der Waals surface area contributed by atoms with Crippen molar-refractivity contribution in [1.29, 1.82) is 0 Å². The molecule has 3 heterocycles. The standard InChI is InChI=1S/C13H16F3N5O3S/c14-13(15,16)2-1-12(9(25)8(23)6(3-22)24-12)21-5-20-7-10(17)18-4-19-11(7)21/h4-6,8-9,22-23,25H,1-3H2,(H2,17,18,19)/t6-,8-,9-,12-/m1/s1. The summed E-state index contributed by atoms with van der Waals surface area (Å²) in [6.07, 6.45) is -6.18. The minimum Gasteiger partial charge on any atom is -0.394 e. The summed E-state index contributed by atoms with van der Waals surface area (Å²) in [6, 6.07) is 0. The molecule has 4 atom stereocenters. The third kappa shape index (κ3) is 3.03. The van der Waals surface area contributed by atoms with Crippen molar-refractivity contribution in [2.24, 2.45) is 0 Å². The molecule has 0 aliphatic carbocycles. The predicted octanol–water partition coefficient (Wildman–Crippen LogP) is 0.454. The Morgan fingerprint density at radius 2 is 2.08 bits per heavy atom. The molecule has 138 valence electrons. The van der Waals surface area contributed by atoms with Crippen LogP contribution in [0.4, 0.5) is 19.0 Å². The molecule has 2 aromatic heterocycles. The molecule has 0 radical (unpaired) electrons. The van der Waals surface area contributed by atoms with Gasteiger partial charge in [-0.05, 0) is 0 Å². The van der Waals surface area contributed by atoms with Gasteiger partial charge < -0.3 is 20.7 Å². The second-order valence-corrected chi connectivity index (χ2v) is 6.34. The number of nitrogens with zero attached hydrogens (tertiary/aromatic N) is 4. The van der Waals surface area contributed by atoms with Crippen molar-refractivity contribution in [2.45, 2.75) is 42.2 Å². The summed E-state index contributed by atoms with van der Waals surface area (Å²) in [5.74, 6) is 0.0580. The number of anilines is 1. The predicted molar refractivity (Wildman–Crippen MR) is 83.7 cm³/mol. The van der Waals surface area contributed by atoms with Crippen molar-refractivity contribution in [3.63, 3.8) is 0 Å². The number of thiol groups is 1. The lowest BCUT2D eigenvalue weighted by molar-refractivity contribution is -0.168. The van der Waals surface area contributed by atoms with Gasteiger partial charge in [0, 0.05) is 12.8 Å². The van der Waals surface area contributed by atoms with E-state index in [0.717, 1.165) is 6.33 Å². The van der Waals surface area contributed by atoms with Crippen LogP contribution < -0.4 is 5.73 Å². The number of imidazole rings is 1. The fourth-order valence-corrected chi connectivity index (χ4v) is 3.50. The number of halogens is 3. The van der Waals surface area contributed by atoms with Crippen molar-refractivity contribution in [3.8, 4) is 0 Å². The number of aliphatic hydroxyl groups is 2. The van der Waals surface area contributed by atoms with Crippen LogP contribution in [0.2, 0.25) is 0 Å². The Hall–Kier alpha value is -1.63. The van der Waals surface area contributed by atoms with Gasteiger partial charge in [0.2, 0.25) is 0 Å². The molecule has 0 unspecified atom stereocenters. The van der Waals surface area contributed by atoms with Gasteiger partial charge in [-0.25, -0.2) is 15.0 Å². The topological polar surface area (TPSA) is 119 Å². The first-order chi connectivity index (χ1) is 11.7. The molecule has 1 aliphatic heterocycles. The third-order valence-electron chi connectivity index (χ3n) is 4.24. The second-order valence-electron chi connectivity index (χ2n) is 5.78. The van der Waals surface area contributed by atoms with E-state index in [-0.39, 0.29) is 17.0 Å². The van der Waals surface area contributed by atoms with Crippen molar-refractivity contribution >= 4 is 29.6 Å². The first kappa shape index (κ1) is 18.2. The summed E-state index contributed by atoms with van der Waals surface area (Å²) in [7, 11) is 0. The van der Waals surface area contributed by atoms with E-state index in [2.05, 4.69) is 27.6 Å². The van der Waals surface area contributed by atoms with E-state index in [1.807, 2.05) is 0 Å². The molecule has 4 N–H and O–H groups in total. The number of rotatable bonds is 4. The van der Waals surface area contributed by atoms with Crippen LogP contribution in [-0.2, 0) is 10.5 Å². The highest BCUT2D eigenvalue weighted by molar-refractivity contribution is 7.81. The number of nitrogens with two attached hydrogens (primary N) is 1. The number of aliphatic hydroxyl groups excluding tert-OH is 2. The van der Waals surface area contributed by atoms with Gasteiger partial charge >= 0.3 is 6.18 Å². The normalized spacial score (nSPS) is 30.2. The molecule has 1 aliphatic rings. The maximum atomic E-state index is 12.8. The number of aromatic nitrogens is 4. The first-order valence-electron chi connectivity index (χ1n) is 7.35. The Labute approximate surface area is 145 Å². The number of fused-ring (bicyclic) bond motifs is 1. The van der Waals surface area contributed by atoms with Gasteiger partial charge in [0.15, 0.2) is 17.2 Å². The van der Waals surface area contributed by atoms with Crippen LogP contribution in [0.1, 0.15) is 12.8 Å². The molecule has 1 saturated heterocycles. The van der Waals surface area contributed by atoms with E-state index in [1.165, 1.54) is 10.9 Å². The minimum atomic E-state index is -4.45. The minimum absolute atomic E-state index is 0.0580. The lowest BCUT2D eigenvalue weighted by Gasteiger charge is -2.34. The van der Waals surface area contributed by atoms with Gasteiger partial charge in [0.25, 0.3) is 0 Å². The highest BCUT2D eigenvalue weighted by Crippen LogP contribution is 2.45. The summed E-state index contributed by atoms with van der Waals surface area (Å²) >= 11 is 4.27. The average Bonchev–Trinajstić information content (AvgIpc) is 3.08. The Balaban J connectivity index is 2.12. The van der Waals surface area contributed by atoms with Gasteiger partial charge in [-0.1, -0.05) is 0 Å². The fraction of sp³-hybridized carbons (Fsp3) is 0.615. The zero-order valence-corrected chi connectivity index (χ0v) is 13.7. The molecule has 25 heavy (non-hydrogen) atoms. The SMILES string of the molecule is Nc1ncnc2c1ncn2[C@]1(CCC(F)(F)F)O[C@H](CO)[C@@H](O)[C@H]1S. The van der Waals surface area contributed by atoms with Gasteiger partial charge in [0.1, 0.15) is 17.9 Å². The number of alkyl halides is 3. The zero-order chi connectivity index (χ0) is 18.4. The summed E-state index contributed by atoms with van der Waals surface area (Å²) < 4.78 is 45.4. The van der Waals surface area contributed by atoms with Gasteiger partial charge in [-0.2, -0.15) is 25.8 Å². The van der Waals surface area contributed by atoms with Crippen LogP contribution in [0.5, 0.6) is 0 Å². The lowest BCUT2D eigenvalue weighted by atomic mass is 10.00. The van der Waals surface area contributed by atoms with Crippen LogP contribution in [-0.4, -0.2) is 60.0 Å². The largest absolute Gasteiger partial charge is 0.394 e. The third-order valence-corrected chi connectivity index (χ3v) is 4.95. The molecule has 0 bridgehead atoms. The Kier molecular flexibility index (Phi) is 4.56. The highest BCUT2D eigenvalue weighted by atomic mass is 32.1. The van der Waals surface area contributed by atoms with Crippen LogP contribution >= 0.6 is 12.6 Å². The van der Waals surface area contributed by atoms with E-state index >= 15 is 0 Å². The summed E-state index contributed by atoms with van der Waals surface area (Å²) in [6.45, 7) is -0.574. The van der Waals surface area contributed by atoms with Crippen LogP contribution in [0, 0.1) is 0 Å². The van der Waals surface area contributed by atoms with E-state index in [4.69, 9.17) is 10.5 Å². The molecule has 0 saturated carbocycles. The molecule has 0 aromatic carbocycles. The van der Waals surface area contributed by atoms with Crippen molar-refractivity contribution in [2.75, 3.05) is 12.3 Å². The Morgan fingerprint density at radius 3 is 2.68 bits per heavy atom. The second kappa shape index (κ2) is 6.27. The number of ether oxygens (including phenoxy) is 1. The molecular weight excluding hydrogens is 363 g/mol. The molecule has 1 fully saturated rings. The summed E-state index contributed by atoms with van der Waals surface area (Å²) in [5.41, 5.74) is 4.35. The molecular formula is C13H16F3N5O3S. The van der Waals surface area contributed by atoms with Gasteiger partial charge in [-0.3, -0.25) is 4.57 Å². The molecule has 0 spiro atoms. The summed E-state index contributed by atoms with van der Waals surface area (Å²) in [4.78, 5) is 11.8. The van der Waals surface area contributed by atoms with Crippen molar-refractivity contribution in [3.05, 3.63) is 12.7 Å². The van der Waals surface area contributed by atoms with Crippen LogP contribution in [0.3, 0.4) is 0 Å². The quantitative estimate of drug-likeness (QED) is 0.570. The smallest absolute Gasteiger partial charge is 0.389 e. The Bertz CT molecular complexity index is 773. The highest BCUT2D eigenvalue weighted by Gasteiger charge is 2.55. The number of nitrogen functional groups attached to an aromatic ring is 1. The molecule has 2 aromatic rings. The van der Waals surface area contributed by atoms with E-state index in [0.29, 0.717) is 0 Å². The lowest BCUT2D eigenvalue weighted by Crippen LogP contribution is -2.43. The summed E-state index contributed by atoms with van der Waals surface area (Å²) in [5, 5.41) is 18.5. The van der Waals surface area contributed by atoms with Crippen LogP contribution in [0.15, 0.2) is 12.7 Å². The average molecular weight is 379 g/mol. The number of hydrogen-bond acceptors (Lipinski definition) is 8. The van der Waals surface area contributed by atoms with E-state index < -0.39 is 48.8 Å². The van der Waals surface area contributed by atoms with Gasteiger partial charge in [-0.15, -0.1) is 0 Å². The van der Waals surface area contributed by atoms with Gasteiger partial charge in [0.05, 0.1) is 24.3 Å². The van der Waals surface area contributed by atoms with Crippen molar-refractivity contribution in [1.82, 2.24) is 19.5 Å². The zero-order valence-electron chi connectivity index (χ0n) is 12.8. The fourth-order valence-electron chi connectivity index (χ4n) is 2.99. The monoisotopic (exact) mass is 379 g/mol.